The van der Waals surface area contributed by atoms with Crippen molar-refractivity contribution < 1.29 is 18.7 Å². The molecule has 1 atom stereocenters. The Balaban J connectivity index is 1.62. The summed E-state index contributed by atoms with van der Waals surface area (Å²) in [5.74, 6) is -0.0135. The first-order chi connectivity index (χ1) is 15.5. The maximum atomic E-state index is 15.1. The van der Waals surface area contributed by atoms with Gasteiger partial charge in [-0.25, -0.2) is 9.18 Å². The summed E-state index contributed by atoms with van der Waals surface area (Å²) in [6, 6.07) is 1.80. The fraction of sp³-hybridized carbons (Fsp3) is 0.591. The lowest BCUT2D eigenvalue weighted by molar-refractivity contribution is 0.0240. The summed E-state index contributed by atoms with van der Waals surface area (Å²) in [7, 11) is 2.03. The Morgan fingerprint density at radius 3 is 2.52 bits per heavy atom. The van der Waals surface area contributed by atoms with Crippen LogP contribution in [0.15, 0.2) is 10.5 Å². The fourth-order valence-electron chi connectivity index (χ4n) is 4.00. The van der Waals surface area contributed by atoms with E-state index in [9.17, 15) is 4.79 Å². The minimum absolute atomic E-state index is 0.0527. The second kappa shape index (κ2) is 9.38. The van der Waals surface area contributed by atoms with E-state index in [1.807, 2.05) is 32.7 Å². The van der Waals surface area contributed by atoms with E-state index in [-0.39, 0.29) is 33.2 Å². The van der Waals surface area contributed by atoms with Crippen LogP contribution in [0, 0.1) is 5.82 Å². The highest BCUT2D eigenvalue weighted by atomic mass is 79.9. The zero-order valence-corrected chi connectivity index (χ0v) is 21.5. The van der Waals surface area contributed by atoms with Gasteiger partial charge in [-0.1, -0.05) is 11.6 Å². The van der Waals surface area contributed by atoms with Crippen LogP contribution in [0.1, 0.15) is 27.2 Å². The topological polar surface area (TPSA) is 71.0 Å². The Morgan fingerprint density at radius 2 is 1.91 bits per heavy atom. The van der Waals surface area contributed by atoms with Crippen molar-refractivity contribution in [1.82, 2.24) is 19.8 Å². The Morgan fingerprint density at radius 1 is 1.21 bits per heavy atom. The molecule has 1 amide bonds. The molecular weight excluding hydrogens is 517 g/mol. The highest BCUT2D eigenvalue weighted by Crippen LogP contribution is 2.36. The number of ether oxygens (including phenoxy) is 2. The summed E-state index contributed by atoms with van der Waals surface area (Å²) in [5, 5.41) is 0.741. The number of carbonyl (C=O) groups is 1. The number of likely N-dealkylation sites (N-methyl/N-ethyl adjacent to an activating group) is 1. The van der Waals surface area contributed by atoms with Crippen molar-refractivity contribution in [3.63, 3.8) is 0 Å². The van der Waals surface area contributed by atoms with Crippen LogP contribution in [0.25, 0.3) is 10.9 Å². The van der Waals surface area contributed by atoms with Gasteiger partial charge >= 0.3 is 12.1 Å². The first-order valence-corrected chi connectivity index (χ1v) is 12.1. The van der Waals surface area contributed by atoms with Crippen molar-refractivity contribution in [3.8, 4) is 6.01 Å². The van der Waals surface area contributed by atoms with Crippen LogP contribution in [0.2, 0.25) is 5.02 Å². The molecule has 0 radical (unpaired) electrons. The van der Waals surface area contributed by atoms with Crippen molar-refractivity contribution in [2.75, 3.05) is 51.2 Å². The van der Waals surface area contributed by atoms with Crippen LogP contribution in [-0.4, -0.2) is 83.9 Å². The van der Waals surface area contributed by atoms with Gasteiger partial charge in [0.25, 0.3) is 0 Å². The van der Waals surface area contributed by atoms with Crippen molar-refractivity contribution in [1.29, 1.82) is 0 Å². The second-order valence-corrected chi connectivity index (χ2v) is 10.7. The minimum Gasteiger partial charge on any atom is -0.459 e. The highest BCUT2D eigenvalue weighted by Gasteiger charge is 2.29. The van der Waals surface area contributed by atoms with E-state index in [2.05, 4.69) is 30.8 Å². The molecule has 0 spiro atoms. The quantitative estimate of drug-likeness (QED) is 0.533. The number of aromatic nitrogens is 2. The monoisotopic (exact) mass is 543 g/mol. The first kappa shape index (κ1) is 24.2. The van der Waals surface area contributed by atoms with Crippen LogP contribution >= 0.6 is 27.5 Å². The van der Waals surface area contributed by atoms with Gasteiger partial charge in [-0.05, 0) is 56.2 Å². The summed E-state index contributed by atoms with van der Waals surface area (Å²) in [4.78, 5) is 27.3. The van der Waals surface area contributed by atoms with E-state index in [0.29, 0.717) is 37.4 Å². The van der Waals surface area contributed by atoms with Gasteiger partial charge in [0.1, 0.15) is 23.0 Å². The summed E-state index contributed by atoms with van der Waals surface area (Å²) >= 11 is 9.46. The Bertz CT molecular complexity index is 1060. The van der Waals surface area contributed by atoms with Gasteiger partial charge in [-0.15, -0.1) is 0 Å². The van der Waals surface area contributed by atoms with E-state index in [1.165, 1.54) is 0 Å². The molecule has 180 valence electrons. The molecule has 0 N–H and O–H groups in total. The third-order valence-corrected chi connectivity index (χ3v) is 6.94. The fourth-order valence-corrected chi connectivity index (χ4v) is 4.49. The zero-order valence-electron chi connectivity index (χ0n) is 19.2. The maximum absolute atomic E-state index is 15.1. The number of rotatable bonds is 3. The van der Waals surface area contributed by atoms with Gasteiger partial charge in [0.15, 0.2) is 5.82 Å². The van der Waals surface area contributed by atoms with Crippen molar-refractivity contribution >= 4 is 50.3 Å². The number of fused-ring (bicyclic) bond motifs is 1. The molecule has 4 rings (SSSR count). The van der Waals surface area contributed by atoms with Gasteiger partial charge < -0.3 is 24.2 Å². The minimum atomic E-state index is -0.556. The molecule has 1 aromatic heterocycles. The molecule has 0 bridgehead atoms. The molecule has 2 fully saturated rings. The molecule has 8 nitrogen and oxygen atoms in total. The molecule has 2 saturated heterocycles. The van der Waals surface area contributed by atoms with Crippen LogP contribution in [0.3, 0.4) is 0 Å². The second-order valence-electron chi connectivity index (χ2n) is 9.46. The van der Waals surface area contributed by atoms with Crippen molar-refractivity contribution in [3.05, 3.63) is 21.4 Å². The van der Waals surface area contributed by atoms with Crippen molar-refractivity contribution in [2.24, 2.45) is 0 Å². The molecular formula is C22H28BrClFN5O3. The summed E-state index contributed by atoms with van der Waals surface area (Å²) < 4.78 is 26.8. The number of nitrogens with zero attached hydrogens (tertiary/aromatic N) is 5. The molecule has 33 heavy (non-hydrogen) atoms. The number of halogens is 3. The third-order valence-electron chi connectivity index (χ3n) is 5.64. The molecule has 3 heterocycles. The highest BCUT2D eigenvalue weighted by molar-refractivity contribution is 9.10. The smallest absolute Gasteiger partial charge is 0.410 e. The lowest BCUT2D eigenvalue weighted by Crippen LogP contribution is -2.50. The molecule has 2 aromatic rings. The maximum Gasteiger partial charge on any atom is 0.410 e. The largest absolute Gasteiger partial charge is 0.459 e. The van der Waals surface area contributed by atoms with Crippen molar-refractivity contribution in [2.45, 2.75) is 38.9 Å². The molecule has 2 aliphatic rings. The number of anilines is 1. The van der Waals surface area contributed by atoms with E-state index in [0.717, 1.165) is 19.5 Å². The average molecular weight is 545 g/mol. The summed E-state index contributed by atoms with van der Waals surface area (Å²) in [6.45, 7) is 9.13. The molecule has 0 aliphatic carbocycles. The van der Waals surface area contributed by atoms with E-state index in [4.69, 9.17) is 21.1 Å². The van der Waals surface area contributed by atoms with Gasteiger partial charge in [-0.2, -0.15) is 9.97 Å². The van der Waals surface area contributed by atoms with Gasteiger partial charge in [-0.3, -0.25) is 0 Å². The normalized spacial score (nSPS) is 19.9. The number of benzene rings is 1. The Hall–Kier alpha value is -1.91. The lowest BCUT2D eigenvalue weighted by atomic mass is 10.2. The van der Waals surface area contributed by atoms with Gasteiger partial charge in [0, 0.05) is 44.7 Å². The molecule has 0 saturated carbocycles. The predicted octanol–water partition coefficient (Wildman–Crippen LogP) is 4.32. The molecule has 1 unspecified atom stereocenters. The zero-order chi connectivity index (χ0) is 23.9. The van der Waals surface area contributed by atoms with Gasteiger partial charge in [0.2, 0.25) is 0 Å². The molecule has 1 aromatic carbocycles. The SMILES string of the molecule is CN1CCC(Oc2nc(N3CCN(C(=O)OC(C)(C)C)CC3)c3cc(Cl)c(Br)c(F)c3n2)C1. The van der Waals surface area contributed by atoms with Gasteiger partial charge in [0.05, 0.1) is 9.50 Å². The number of likely N-dealkylation sites (tertiary alicyclic amines) is 1. The Labute approximate surface area is 206 Å². The van der Waals surface area contributed by atoms with Crippen LogP contribution in [0.5, 0.6) is 6.01 Å². The van der Waals surface area contributed by atoms with Crippen LogP contribution < -0.4 is 9.64 Å². The molecule has 11 heteroatoms. The van der Waals surface area contributed by atoms with E-state index < -0.39 is 11.4 Å². The number of hydrogen-bond acceptors (Lipinski definition) is 7. The van der Waals surface area contributed by atoms with E-state index >= 15 is 4.39 Å². The lowest BCUT2D eigenvalue weighted by Gasteiger charge is -2.36. The van der Waals surface area contributed by atoms with Crippen LogP contribution in [-0.2, 0) is 4.74 Å². The average Bonchev–Trinajstić information content (AvgIpc) is 3.15. The van der Waals surface area contributed by atoms with E-state index in [1.54, 1.807) is 11.0 Å². The number of amides is 1. The van der Waals surface area contributed by atoms with Crippen LogP contribution in [0.4, 0.5) is 15.0 Å². The molecule has 2 aliphatic heterocycles. The number of carbonyl (C=O) groups excluding carboxylic acids is 1. The summed E-state index contributed by atoms with van der Waals surface area (Å²) in [6.07, 6.45) is 0.458. The Kier molecular flexibility index (Phi) is 6.89. The number of hydrogen-bond donors (Lipinski definition) is 0. The standard InChI is InChI=1S/C22H28BrClFN5O3/c1-22(2,3)33-21(31)30-9-7-29(8-10-30)19-14-11-15(24)16(23)17(25)18(14)26-20(27-19)32-13-5-6-28(4)12-13/h11,13H,5-10,12H2,1-4H3. The number of piperazine rings is 1. The predicted molar refractivity (Wildman–Crippen MR) is 129 cm³/mol. The first-order valence-electron chi connectivity index (χ1n) is 10.9. The summed E-state index contributed by atoms with van der Waals surface area (Å²) in [5.41, 5.74) is -0.411. The third kappa shape index (κ3) is 5.44.